The quantitative estimate of drug-likeness (QED) is 0.123. The molecule has 6 aromatic heterocycles. The second kappa shape index (κ2) is 24.6. The second-order valence-electron chi connectivity index (χ2n) is 20.7. The van der Waals surface area contributed by atoms with Crippen LogP contribution in [-0.2, 0) is 49.6 Å². The lowest BCUT2D eigenvalue weighted by molar-refractivity contribution is 0.122. The van der Waals surface area contributed by atoms with Crippen LogP contribution in [0, 0.1) is 0 Å². The van der Waals surface area contributed by atoms with Crippen LogP contribution in [-0.4, -0.2) is 266 Å². The molecule has 452 valence electrons. The second-order valence-corrected chi connectivity index (χ2v) is 28.9. The van der Waals surface area contributed by atoms with Gasteiger partial charge in [0.1, 0.15) is 0 Å². The van der Waals surface area contributed by atoms with E-state index in [-0.39, 0.29) is 35.8 Å². The van der Waals surface area contributed by atoms with Gasteiger partial charge in [0.25, 0.3) is 0 Å². The third-order valence-electron chi connectivity index (χ3n) is 14.9. The van der Waals surface area contributed by atoms with Gasteiger partial charge in [0, 0.05) is 130 Å². The summed E-state index contributed by atoms with van der Waals surface area (Å²) in [6, 6.07) is -0.425. The topological polar surface area (TPSA) is 381 Å². The Morgan fingerprint density at radius 2 is 0.880 bits per heavy atom. The number of rotatable bonds is 11. The van der Waals surface area contributed by atoms with Crippen LogP contribution in [0.15, 0.2) is 24.8 Å². The maximum Gasteiger partial charge on any atom is 0.219 e. The number of sulfonamides is 4. The first kappa shape index (κ1) is 60.2. The standard InChI is InChI=1S/C23H33N11O5S2.C18H22ClN9O3S.C5H12N2O2S/c1-40(35,36)32-7-5-31(6-8-32)23-27-18-20(30-9-11-39-12-10-30)28-19(16-13-25-22(24)26-14-16)29-21(18)34(23)17-3-4-33(15-17)41(2,37)38;1-32(29,30)27-3-2-12(10-27)28-16-13(23-17(28)19)15(26-4-6-31-7-5-26)24-14(25-16)11-8-21-18(20)22-9-11;1-10(8,9)7-4-2-6-3-5-7/h13-14,17H,3-12,15H2,1-2H3,(H2,24,25,26);8-9,12H,2-7,10H2,1H3,(H2,20,21,22);6H,2-5H2,1H3/t17-;12-;/m00./s1. The molecule has 0 amide bonds. The van der Waals surface area contributed by atoms with E-state index < -0.39 is 40.1 Å². The number of halogens is 1. The molecule has 32 nitrogen and oxygen atoms in total. The van der Waals surface area contributed by atoms with Crippen molar-refractivity contribution in [2.75, 3.05) is 182 Å². The van der Waals surface area contributed by atoms with E-state index in [9.17, 15) is 33.7 Å². The van der Waals surface area contributed by atoms with Gasteiger partial charge in [-0.2, -0.15) is 8.61 Å². The monoisotopic (exact) mass is 1250 g/mol. The van der Waals surface area contributed by atoms with Crippen molar-refractivity contribution in [3.63, 3.8) is 0 Å². The number of anilines is 5. The average molecular weight is 1250 g/mol. The normalized spacial score (nSPS) is 21.3. The molecule has 83 heavy (non-hydrogen) atoms. The van der Waals surface area contributed by atoms with Crippen molar-refractivity contribution in [1.29, 1.82) is 0 Å². The highest BCUT2D eigenvalue weighted by molar-refractivity contribution is 7.89. The van der Waals surface area contributed by atoms with Crippen molar-refractivity contribution >= 4 is 104 Å². The van der Waals surface area contributed by atoms with E-state index in [1.54, 1.807) is 29.4 Å². The van der Waals surface area contributed by atoms with Crippen LogP contribution in [0.5, 0.6) is 0 Å². The third kappa shape index (κ3) is 13.8. The summed E-state index contributed by atoms with van der Waals surface area (Å²) in [7, 11) is -12.9. The minimum absolute atomic E-state index is 0.135. The SMILES string of the molecule is CS(=O)(=O)N1CCN(c2nc3c(N4CCOCC4)nc(-c4cnc(N)nc4)nc3n2[C@H]2CCN(S(C)(=O)=O)C2)CC1.CS(=O)(=O)N1CCNCC1.CS(=O)(=O)N1CC[C@H](n2c(Cl)nc3c(N4CCOCC4)nc(-c4cnc(N)nc4)nc32)C1. The summed E-state index contributed by atoms with van der Waals surface area (Å²) < 4.78 is 116. The number of piperazine rings is 2. The number of ether oxygens (including phenoxy) is 2. The first-order chi connectivity index (χ1) is 39.4. The van der Waals surface area contributed by atoms with Crippen molar-refractivity contribution in [2.45, 2.75) is 24.9 Å². The Hall–Kier alpha value is -5.93. The molecule has 0 saturated carbocycles. The predicted molar refractivity (Wildman–Crippen MR) is 311 cm³/mol. The number of imidazole rings is 2. The summed E-state index contributed by atoms with van der Waals surface area (Å²) in [5.74, 6) is 2.99. The minimum atomic E-state index is -3.39. The van der Waals surface area contributed by atoms with E-state index >= 15 is 0 Å². The van der Waals surface area contributed by atoms with E-state index in [2.05, 4.69) is 40.0 Å². The fourth-order valence-electron chi connectivity index (χ4n) is 10.6. The van der Waals surface area contributed by atoms with E-state index in [1.807, 2.05) is 9.47 Å². The summed E-state index contributed by atoms with van der Waals surface area (Å²) in [4.78, 5) is 51.6. The summed E-state index contributed by atoms with van der Waals surface area (Å²) in [5, 5.41) is 3.33. The molecule has 12 rings (SSSR count). The molecule has 0 spiro atoms. The number of fused-ring (bicyclic) bond motifs is 2. The summed E-state index contributed by atoms with van der Waals surface area (Å²) in [6.45, 7) is 10.4. The van der Waals surface area contributed by atoms with Crippen LogP contribution in [0.3, 0.4) is 0 Å². The lowest BCUT2D eigenvalue weighted by Gasteiger charge is -2.34. The zero-order chi connectivity index (χ0) is 59.0. The van der Waals surface area contributed by atoms with Crippen molar-refractivity contribution < 1.29 is 43.1 Å². The zero-order valence-electron chi connectivity index (χ0n) is 46.3. The molecule has 0 radical (unpaired) electrons. The molecular weight excluding hydrogens is 1180 g/mol. The summed E-state index contributed by atoms with van der Waals surface area (Å²) in [6.07, 6.45) is 12.3. The van der Waals surface area contributed by atoms with Crippen LogP contribution in [0.2, 0.25) is 5.28 Å². The first-order valence-electron chi connectivity index (χ1n) is 26.7. The number of aromatic nitrogens is 12. The van der Waals surface area contributed by atoms with Crippen LogP contribution >= 0.6 is 11.6 Å². The maximum absolute atomic E-state index is 12.4. The zero-order valence-corrected chi connectivity index (χ0v) is 50.3. The lowest BCUT2D eigenvalue weighted by Crippen LogP contribution is -2.49. The summed E-state index contributed by atoms with van der Waals surface area (Å²) in [5.41, 5.74) is 14.8. The Kier molecular flexibility index (Phi) is 17.8. The van der Waals surface area contributed by atoms with Crippen molar-refractivity contribution in [1.82, 2.24) is 81.5 Å². The maximum atomic E-state index is 12.4. The predicted octanol–water partition coefficient (Wildman–Crippen LogP) is -1.60. The van der Waals surface area contributed by atoms with Crippen molar-refractivity contribution in [3.8, 4) is 22.8 Å². The molecule has 2 atom stereocenters. The highest BCUT2D eigenvalue weighted by Crippen LogP contribution is 2.38. The molecule has 0 bridgehead atoms. The van der Waals surface area contributed by atoms with Gasteiger partial charge in [0.05, 0.1) is 74.7 Å². The van der Waals surface area contributed by atoms with Crippen molar-refractivity contribution in [3.05, 3.63) is 30.1 Å². The van der Waals surface area contributed by atoms with Gasteiger partial charge in [-0.15, -0.1) is 0 Å². The Bertz CT molecular complexity index is 3770. The Balaban J connectivity index is 0.000000162. The fraction of sp³-hybridized carbons (Fsp3) is 0.609. The Morgan fingerprint density at radius 3 is 1.29 bits per heavy atom. The highest BCUT2D eigenvalue weighted by atomic mass is 35.5. The van der Waals surface area contributed by atoms with Gasteiger partial charge in [0.2, 0.25) is 63.2 Å². The number of nitrogens with zero attached hydrogens (tertiary/aromatic N) is 19. The van der Waals surface area contributed by atoms with Gasteiger partial charge in [0.15, 0.2) is 45.6 Å². The van der Waals surface area contributed by atoms with E-state index in [1.165, 1.54) is 42.2 Å². The minimum Gasteiger partial charge on any atom is -0.378 e. The molecule has 0 aliphatic carbocycles. The van der Waals surface area contributed by atoms with Gasteiger partial charge in [-0.3, -0.25) is 9.13 Å². The molecule has 6 aliphatic rings. The first-order valence-corrected chi connectivity index (χ1v) is 34.5. The van der Waals surface area contributed by atoms with Crippen LogP contribution in [0.4, 0.5) is 29.5 Å². The fourth-order valence-corrected chi connectivity index (χ4v) is 14.3. The molecule has 6 aliphatic heterocycles. The Morgan fingerprint density at radius 1 is 0.482 bits per heavy atom. The molecule has 0 aromatic carbocycles. The highest BCUT2D eigenvalue weighted by Gasteiger charge is 2.38. The van der Waals surface area contributed by atoms with Crippen LogP contribution in [0.25, 0.3) is 45.1 Å². The van der Waals surface area contributed by atoms with E-state index in [4.69, 9.17) is 57.5 Å². The van der Waals surface area contributed by atoms with Crippen molar-refractivity contribution in [2.24, 2.45) is 0 Å². The number of hydrogen-bond donors (Lipinski definition) is 3. The number of nitrogen functional groups attached to an aromatic ring is 2. The molecule has 5 N–H and O–H groups in total. The van der Waals surface area contributed by atoms with Gasteiger partial charge < -0.3 is 41.0 Å². The average Bonchev–Trinajstić information content (AvgIpc) is 3.91. The van der Waals surface area contributed by atoms with Gasteiger partial charge in [-0.25, -0.2) is 92.1 Å². The summed E-state index contributed by atoms with van der Waals surface area (Å²) >= 11 is 6.57. The molecule has 0 unspecified atom stereocenters. The lowest BCUT2D eigenvalue weighted by atomic mass is 10.2. The molecule has 37 heteroatoms. The molecule has 6 fully saturated rings. The molecule has 6 saturated heterocycles. The molecule has 6 aromatic rings. The van der Waals surface area contributed by atoms with E-state index in [0.717, 1.165) is 13.1 Å². The number of hydrogen-bond acceptors (Lipinski definition) is 26. The van der Waals surface area contributed by atoms with Gasteiger partial charge in [-0.05, 0) is 24.4 Å². The number of nitrogens with two attached hydrogens (primary N) is 2. The van der Waals surface area contributed by atoms with E-state index in [0.29, 0.717) is 187 Å². The molecular formula is C46H67ClN22O10S4. The number of morpholine rings is 2. The van der Waals surface area contributed by atoms with Gasteiger partial charge >= 0.3 is 0 Å². The number of nitrogens with one attached hydrogen (secondary N) is 1. The largest absolute Gasteiger partial charge is 0.378 e. The third-order valence-corrected chi connectivity index (χ3v) is 20.3. The Labute approximate surface area is 485 Å². The van der Waals surface area contributed by atoms with Gasteiger partial charge in [-0.1, -0.05) is 0 Å². The van der Waals surface area contributed by atoms with Crippen LogP contribution < -0.4 is 31.5 Å². The van der Waals surface area contributed by atoms with Crippen LogP contribution in [0.1, 0.15) is 24.9 Å². The smallest absolute Gasteiger partial charge is 0.219 e. The molecule has 12 heterocycles.